The third-order valence-electron chi connectivity index (χ3n) is 1.63. The zero-order valence-electron chi connectivity index (χ0n) is 6.74. The highest BCUT2D eigenvalue weighted by Crippen LogP contribution is 2.29. The summed E-state index contributed by atoms with van der Waals surface area (Å²) in [6.07, 6.45) is 0. The molecule has 0 aliphatic carbocycles. The summed E-state index contributed by atoms with van der Waals surface area (Å²) in [5.74, 6) is 0. The molecule has 0 aliphatic heterocycles. The Kier molecular flexibility index (Phi) is 2.49. The first kappa shape index (κ1) is 9.49. The van der Waals surface area contributed by atoms with Crippen molar-refractivity contribution in [1.29, 1.82) is 5.26 Å². The number of nitriles is 1. The maximum atomic E-state index is 10.5. The van der Waals surface area contributed by atoms with Gasteiger partial charge in [-0.25, -0.2) is 0 Å². The third kappa shape index (κ3) is 1.60. The summed E-state index contributed by atoms with van der Waals surface area (Å²) >= 11 is 5.58. The molecule has 5 heteroatoms. The van der Waals surface area contributed by atoms with Gasteiger partial charge >= 0.3 is 5.69 Å². The first-order valence-corrected chi connectivity index (χ1v) is 3.79. The third-order valence-corrected chi connectivity index (χ3v) is 1.94. The van der Waals surface area contributed by atoms with Gasteiger partial charge in [-0.2, -0.15) is 5.26 Å². The minimum atomic E-state index is -0.645. The van der Waals surface area contributed by atoms with Gasteiger partial charge in [-0.1, -0.05) is 17.7 Å². The number of aryl methyl sites for hydroxylation is 1. The molecule has 0 fully saturated rings. The second-order valence-corrected chi connectivity index (χ2v) is 2.86. The molecule has 0 aromatic heterocycles. The van der Waals surface area contributed by atoms with Gasteiger partial charge in [0.05, 0.1) is 4.92 Å². The second kappa shape index (κ2) is 3.42. The molecule has 1 rings (SSSR count). The van der Waals surface area contributed by atoms with Crippen LogP contribution in [0, 0.1) is 28.4 Å². The highest BCUT2D eigenvalue weighted by molar-refractivity contribution is 6.32. The molecule has 0 bridgehead atoms. The average molecular weight is 197 g/mol. The fourth-order valence-electron chi connectivity index (χ4n) is 0.986. The van der Waals surface area contributed by atoms with E-state index in [2.05, 4.69) is 0 Å². The van der Waals surface area contributed by atoms with Gasteiger partial charge in [0.1, 0.15) is 16.7 Å². The summed E-state index contributed by atoms with van der Waals surface area (Å²) in [6, 6.07) is 4.75. The van der Waals surface area contributed by atoms with E-state index in [0.717, 1.165) is 0 Å². The molecular formula is C8H5ClN2O2. The van der Waals surface area contributed by atoms with E-state index in [4.69, 9.17) is 16.9 Å². The molecule has 0 heterocycles. The first-order valence-electron chi connectivity index (χ1n) is 3.41. The van der Waals surface area contributed by atoms with Crippen LogP contribution in [0.2, 0.25) is 5.02 Å². The molecule has 4 nitrogen and oxygen atoms in total. The Hall–Kier alpha value is -1.60. The molecule has 0 saturated carbocycles. The Morgan fingerprint density at radius 2 is 2.23 bits per heavy atom. The molecule has 13 heavy (non-hydrogen) atoms. The summed E-state index contributed by atoms with van der Waals surface area (Å²) in [4.78, 5) is 9.88. The highest BCUT2D eigenvalue weighted by Gasteiger charge is 2.20. The van der Waals surface area contributed by atoms with Gasteiger partial charge in [-0.3, -0.25) is 10.1 Å². The highest BCUT2D eigenvalue weighted by atomic mass is 35.5. The summed E-state index contributed by atoms with van der Waals surface area (Å²) in [5.41, 5.74) is 0.264. The molecular weight excluding hydrogens is 192 g/mol. The Morgan fingerprint density at radius 1 is 1.62 bits per heavy atom. The molecule has 0 unspecified atom stereocenters. The molecule has 1 aromatic rings. The van der Waals surface area contributed by atoms with Gasteiger partial charge < -0.3 is 0 Å². The number of nitro benzene ring substituents is 1. The summed E-state index contributed by atoms with van der Waals surface area (Å²) in [6.45, 7) is 1.63. The summed E-state index contributed by atoms with van der Waals surface area (Å²) in [5, 5.41) is 19.2. The standard InChI is InChI=1S/C8H5ClN2O2/c1-5-2-3-7(9)8(11(12)13)6(5)4-10/h2-3H,1H3. The lowest BCUT2D eigenvalue weighted by Gasteiger charge is -1.99. The lowest BCUT2D eigenvalue weighted by atomic mass is 10.1. The lowest BCUT2D eigenvalue weighted by molar-refractivity contribution is -0.385. The Bertz CT molecular complexity index is 409. The van der Waals surface area contributed by atoms with Crippen LogP contribution >= 0.6 is 11.6 Å². The molecule has 0 atom stereocenters. The van der Waals surface area contributed by atoms with Crippen molar-refractivity contribution in [3.63, 3.8) is 0 Å². The van der Waals surface area contributed by atoms with Gasteiger partial charge in [0.2, 0.25) is 0 Å². The van der Waals surface area contributed by atoms with Crippen LogP contribution in [0.3, 0.4) is 0 Å². The van der Waals surface area contributed by atoms with Crippen molar-refractivity contribution in [2.45, 2.75) is 6.92 Å². The molecule has 0 saturated heterocycles. The van der Waals surface area contributed by atoms with Crippen molar-refractivity contribution in [3.8, 4) is 6.07 Å². The van der Waals surface area contributed by atoms with Crippen molar-refractivity contribution in [3.05, 3.63) is 38.4 Å². The second-order valence-electron chi connectivity index (χ2n) is 2.46. The largest absolute Gasteiger partial charge is 0.305 e. The van der Waals surface area contributed by atoms with Crippen LogP contribution in [0.15, 0.2) is 12.1 Å². The normalized spacial score (nSPS) is 9.31. The number of benzene rings is 1. The Labute approximate surface area is 79.5 Å². The predicted molar refractivity (Wildman–Crippen MR) is 47.6 cm³/mol. The van der Waals surface area contributed by atoms with Gasteiger partial charge in [-0.05, 0) is 18.6 Å². The van der Waals surface area contributed by atoms with E-state index in [1.807, 2.05) is 0 Å². The quantitative estimate of drug-likeness (QED) is 0.512. The first-order chi connectivity index (χ1) is 6.07. The molecule has 1 aromatic carbocycles. The number of rotatable bonds is 1. The van der Waals surface area contributed by atoms with Crippen molar-refractivity contribution >= 4 is 17.3 Å². The smallest absolute Gasteiger partial charge is 0.258 e. The average Bonchev–Trinajstić information content (AvgIpc) is 2.07. The van der Waals surface area contributed by atoms with E-state index in [9.17, 15) is 10.1 Å². The Morgan fingerprint density at radius 3 is 2.62 bits per heavy atom. The number of hydrogen-bond donors (Lipinski definition) is 0. The van der Waals surface area contributed by atoms with Crippen molar-refractivity contribution in [1.82, 2.24) is 0 Å². The number of nitrogens with zero attached hydrogens (tertiary/aromatic N) is 2. The van der Waals surface area contributed by atoms with Gasteiger partial charge in [-0.15, -0.1) is 0 Å². The van der Waals surface area contributed by atoms with E-state index < -0.39 is 4.92 Å². The zero-order chi connectivity index (χ0) is 10.0. The van der Waals surface area contributed by atoms with Crippen molar-refractivity contribution in [2.24, 2.45) is 0 Å². The van der Waals surface area contributed by atoms with E-state index in [1.165, 1.54) is 6.07 Å². The van der Waals surface area contributed by atoms with Crippen LogP contribution in [0.25, 0.3) is 0 Å². The topological polar surface area (TPSA) is 66.9 Å². The predicted octanol–water partition coefficient (Wildman–Crippen LogP) is 2.43. The molecule has 0 N–H and O–H groups in total. The van der Waals surface area contributed by atoms with E-state index in [1.54, 1.807) is 19.1 Å². The fourth-order valence-corrected chi connectivity index (χ4v) is 1.21. The molecule has 0 radical (unpaired) electrons. The van der Waals surface area contributed by atoms with E-state index >= 15 is 0 Å². The number of hydrogen-bond acceptors (Lipinski definition) is 3. The SMILES string of the molecule is Cc1ccc(Cl)c([N+](=O)[O-])c1C#N. The van der Waals surface area contributed by atoms with Crippen LogP contribution < -0.4 is 0 Å². The lowest BCUT2D eigenvalue weighted by Crippen LogP contribution is -1.95. The van der Waals surface area contributed by atoms with Gasteiger partial charge in [0.15, 0.2) is 0 Å². The minimum absolute atomic E-state index is 0.00727. The van der Waals surface area contributed by atoms with Gasteiger partial charge in [0, 0.05) is 0 Å². The van der Waals surface area contributed by atoms with Crippen LogP contribution in [-0.4, -0.2) is 4.92 Å². The number of halogens is 1. The zero-order valence-corrected chi connectivity index (χ0v) is 7.50. The maximum absolute atomic E-state index is 10.5. The van der Waals surface area contributed by atoms with Crippen LogP contribution in [-0.2, 0) is 0 Å². The summed E-state index contributed by atoms with van der Waals surface area (Å²) < 4.78 is 0. The van der Waals surface area contributed by atoms with Crippen LogP contribution in [0.1, 0.15) is 11.1 Å². The van der Waals surface area contributed by atoms with Gasteiger partial charge in [0.25, 0.3) is 0 Å². The van der Waals surface area contributed by atoms with Crippen LogP contribution in [0.4, 0.5) is 5.69 Å². The minimum Gasteiger partial charge on any atom is -0.258 e. The molecule has 0 aliphatic rings. The van der Waals surface area contributed by atoms with Crippen LogP contribution in [0.5, 0.6) is 0 Å². The molecule has 0 amide bonds. The molecule has 0 spiro atoms. The van der Waals surface area contributed by atoms with Crippen molar-refractivity contribution < 1.29 is 4.92 Å². The Balaban J connectivity index is 3.55. The van der Waals surface area contributed by atoms with Crippen molar-refractivity contribution in [2.75, 3.05) is 0 Å². The molecule has 66 valence electrons. The monoisotopic (exact) mass is 196 g/mol. The van der Waals surface area contributed by atoms with E-state index in [0.29, 0.717) is 5.56 Å². The fraction of sp³-hybridized carbons (Fsp3) is 0.125. The summed E-state index contributed by atoms with van der Waals surface area (Å²) in [7, 11) is 0. The maximum Gasteiger partial charge on any atom is 0.305 e. The number of nitro groups is 1. The van der Waals surface area contributed by atoms with E-state index in [-0.39, 0.29) is 16.3 Å².